The molecule has 7 heteroatoms. The van der Waals surface area contributed by atoms with Crippen LogP contribution in [0.3, 0.4) is 0 Å². The molecule has 0 N–H and O–H groups in total. The van der Waals surface area contributed by atoms with E-state index in [1.807, 2.05) is 51.1 Å². The molecule has 0 aliphatic carbocycles. The van der Waals surface area contributed by atoms with Crippen molar-refractivity contribution in [1.29, 1.82) is 0 Å². The summed E-state index contributed by atoms with van der Waals surface area (Å²) >= 11 is 0. The van der Waals surface area contributed by atoms with Gasteiger partial charge in [0, 0.05) is 57.3 Å². The van der Waals surface area contributed by atoms with Gasteiger partial charge in [-0.05, 0) is 91.2 Å². The van der Waals surface area contributed by atoms with Crippen LogP contribution in [0.1, 0.15) is 77.0 Å². The normalized spacial score (nSPS) is 18.6. The Labute approximate surface area is 324 Å². The summed E-state index contributed by atoms with van der Waals surface area (Å²) in [4.78, 5) is 15.4. The van der Waals surface area contributed by atoms with Gasteiger partial charge in [0.25, 0.3) is 0 Å². The minimum atomic E-state index is -2.61. The predicted molar refractivity (Wildman–Crippen MR) is 200 cm³/mol. The molecule has 3 aromatic carbocycles. The summed E-state index contributed by atoms with van der Waals surface area (Å²) in [6.07, 6.45) is 4.75. The van der Waals surface area contributed by atoms with Crippen molar-refractivity contribution >= 4 is 33.0 Å². The van der Waals surface area contributed by atoms with Crippen LogP contribution in [0.15, 0.2) is 95.8 Å². The number of aryl methyl sites for hydroxylation is 4. The number of furan rings is 1. The average molecular weight is 847 g/mol. The van der Waals surface area contributed by atoms with Crippen LogP contribution in [0.4, 0.5) is 0 Å². The fourth-order valence-corrected chi connectivity index (χ4v) is 5.75. The van der Waals surface area contributed by atoms with E-state index in [0.29, 0.717) is 38.4 Å². The minimum absolute atomic E-state index is 0. The molecule has 4 aromatic heterocycles. The summed E-state index contributed by atoms with van der Waals surface area (Å²) in [6.45, 7) is -3.63. The van der Waals surface area contributed by atoms with E-state index in [0.717, 1.165) is 11.3 Å². The number of aromatic nitrogens is 3. The Balaban J connectivity index is 0.000000317. The van der Waals surface area contributed by atoms with Gasteiger partial charge in [-0.25, -0.2) is 4.98 Å². The number of rotatable bonds is 3. The van der Waals surface area contributed by atoms with E-state index < -0.39 is 27.4 Å². The molecule has 0 saturated carbocycles. The van der Waals surface area contributed by atoms with Gasteiger partial charge in [0.05, 0.1) is 11.1 Å². The van der Waals surface area contributed by atoms with Crippen molar-refractivity contribution in [3.05, 3.63) is 142 Å². The summed E-state index contributed by atoms with van der Waals surface area (Å²) < 4.78 is 101. The zero-order valence-electron chi connectivity index (χ0n) is 39.7. The van der Waals surface area contributed by atoms with Crippen molar-refractivity contribution in [2.45, 2.75) is 59.8 Å². The maximum Gasteiger partial charge on any atom is 3.00 e. The van der Waals surface area contributed by atoms with Crippen molar-refractivity contribution in [2.75, 3.05) is 7.05 Å². The number of nitrogens with zero attached hydrogens (tertiary/aromatic N) is 5. The first-order valence-corrected chi connectivity index (χ1v) is 15.6. The van der Waals surface area contributed by atoms with Crippen molar-refractivity contribution in [3.8, 4) is 22.4 Å². The van der Waals surface area contributed by atoms with Gasteiger partial charge in [-0.1, -0.05) is 50.7 Å². The molecule has 0 spiro atoms. The number of pyridine rings is 3. The molecule has 8 rings (SSSR count). The van der Waals surface area contributed by atoms with Crippen molar-refractivity contribution in [2.24, 2.45) is 0 Å². The largest absolute Gasteiger partial charge is 3.00 e. The fraction of sp³-hybridized carbons (Fsp3) is 0.233. The van der Waals surface area contributed by atoms with Crippen LogP contribution >= 0.6 is 0 Å². The molecule has 252 valence electrons. The molecule has 6 nitrogen and oxygen atoms in total. The molecule has 0 saturated heterocycles. The van der Waals surface area contributed by atoms with Crippen LogP contribution in [0.2, 0.25) is 0 Å². The van der Waals surface area contributed by atoms with Gasteiger partial charge < -0.3 is 19.6 Å². The van der Waals surface area contributed by atoms with Gasteiger partial charge in [0.2, 0.25) is 5.71 Å². The smallest absolute Gasteiger partial charge is 0.668 e. The summed E-state index contributed by atoms with van der Waals surface area (Å²) in [6, 6.07) is 25.9. The monoisotopic (exact) mass is 847 g/mol. The van der Waals surface area contributed by atoms with Gasteiger partial charge in [-0.3, -0.25) is 4.98 Å². The Morgan fingerprint density at radius 3 is 2.46 bits per heavy atom. The van der Waals surface area contributed by atoms with Crippen LogP contribution < -0.4 is 0 Å². The van der Waals surface area contributed by atoms with E-state index >= 15 is 0 Å². The first-order valence-electron chi connectivity index (χ1n) is 21.6. The molecule has 1 atom stereocenters. The third kappa shape index (κ3) is 6.81. The second-order valence-electron chi connectivity index (χ2n) is 12.9. The Hall–Kier alpha value is -4.84. The van der Waals surface area contributed by atoms with E-state index in [1.165, 1.54) is 30.5 Å². The Morgan fingerprint density at radius 1 is 0.880 bits per heavy atom. The molecule has 7 aromatic rings. The summed E-state index contributed by atoms with van der Waals surface area (Å²) in [5.41, 5.74) is 3.47. The molecular formula is C43H40IrN5O. The van der Waals surface area contributed by atoms with E-state index in [-0.39, 0.29) is 71.0 Å². The zero-order valence-corrected chi connectivity index (χ0v) is 30.1. The van der Waals surface area contributed by atoms with E-state index in [1.54, 1.807) is 42.6 Å². The number of hydrogen-bond acceptors (Lipinski definition) is 5. The van der Waals surface area contributed by atoms with Gasteiger partial charge >= 0.3 is 20.1 Å². The fourth-order valence-electron chi connectivity index (χ4n) is 5.75. The van der Waals surface area contributed by atoms with Gasteiger partial charge in [-0.15, -0.1) is 18.2 Å². The number of benzene rings is 3. The van der Waals surface area contributed by atoms with Crippen LogP contribution in [0, 0.1) is 39.5 Å². The van der Waals surface area contributed by atoms with Crippen LogP contribution in [-0.4, -0.2) is 26.9 Å². The first-order chi connectivity index (χ1) is 28.3. The van der Waals surface area contributed by atoms with Gasteiger partial charge in [0.1, 0.15) is 0 Å². The molecule has 0 fully saturated rings. The average Bonchev–Trinajstić information content (AvgIpc) is 3.78. The van der Waals surface area contributed by atoms with Gasteiger partial charge in [0.15, 0.2) is 0 Å². The maximum absolute atomic E-state index is 8.37. The third-order valence-corrected chi connectivity index (χ3v) is 8.38. The quantitative estimate of drug-likeness (QED) is 0.166. The second kappa shape index (κ2) is 13.8. The molecule has 0 bridgehead atoms. The predicted octanol–water partition coefficient (Wildman–Crippen LogP) is 10.9. The molecule has 1 unspecified atom stereocenters. The topological polar surface area (TPSA) is 69.2 Å². The van der Waals surface area contributed by atoms with Crippen molar-refractivity contribution in [1.82, 2.24) is 19.9 Å². The Bertz CT molecular complexity index is 2800. The molecular weight excluding hydrogens is 795 g/mol. The Morgan fingerprint density at radius 2 is 1.74 bits per heavy atom. The number of fused-ring (bicyclic) bond motifs is 4. The SMILES string of the molecule is [2H]C([2H])([2H])c1c[c-]c(C2[N-]C=CN2C)cc1.[2H]C([2H])([2H])c1ccc2c(n1)oc1c(-c3cc(-c4cc5ccc(C(C)(C)C)nc5cc4C([2H])([2H])[2H])c(C([2H])([2H])[2H])cn3)[c-]ccc12.[Ir+3]. The molecule has 5 heterocycles. The second-order valence-corrected chi connectivity index (χ2v) is 12.9. The minimum Gasteiger partial charge on any atom is -0.668 e. The third-order valence-electron chi connectivity index (χ3n) is 8.38. The van der Waals surface area contributed by atoms with E-state index in [9.17, 15) is 0 Å². The van der Waals surface area contributed by atoms with Gasteiger partial charge in [-0.2, -0.15) is 41.6 Å². The number of hydrogen-bond donors (Lipinski definition) is 0. The molecule has 1 aliphatic rings. The summed E-state index contributed by atoms with van der Waals surface area (Å²) in [7, 11) is 1.92. The van der Waals surface area contributed by atoms with E-state index in [2.05, 4.69) is 27.4 Å². The molecule has 50 heavy (non-hydrogen) atoms. The maximum atomic E-state index is 8.37. The van der Waals surface area contributed by atoms with Crippen molar-refractivity contribution in [3.63, 3.8) is 0 Å². The molecule has 0 radical (unpaired) electrons. The van der Waals surface area contributed by atoms with Crippen LogP contribution in [0.25, 0.3) is 60.7 Å². The van der Waals surface area contributed by atoms with Crippen LogP contribution in [0.5, 0.6) is 0 Å². The zero-order chi connectivity index (χ0) is 44.4. The standard InChI is InChI=1S/C32H28N3O.C11H12N2.Ir/c1-18-14-27-21(11-13-29(35-27)32(4,5)6)15-25(18)26-16-28(33-17-19(26)2)24-9-7-8-22-23-12-10-20(3)34-31(23)36-30(22)24;1-9-3-5-10(6-4-9)11-12-7-8-13(11)2;/h7-8,10-17H,1-6H3;3-5,7-8,11H,1-2H3;/q-1;-2;+3/i1D3,2D3,3D3;1D3;. The summed E-state index contributed by atoms with van der Waals surface area (Å²) in [5.74, 6) is 0. The molecule has 1 aliphatic heterocycles. The Kier molecular flexibility index (Phi) is 6.30. The van der Waals surface area contributed by atoms with Crippen molar-refractivity contribution < 1.29 is 41.0 Å². The first kappa shape index (κ1) is 22.8. The molecule has 0 amide bonds. The van der Waals surface area contributed by atoms with Crippen LogP contribution in [-0.2, 0) is 25.5 Å². The van der Waals surface area contributed by atoms with E-state index in [4.69, 9.17) is 25.9 Å². The summed E-state index contributed by atoms with van der Waals surface area (Å²) in [5, 5.41) is 6.14.